The summed E-state index contributed by atoms with van der Waals surface area (Å²) in [6, 6.07) is 11.4. The fourth-order valence-corrected chi connectivity index (χ4v) is 2.06. The molecule has 0 saturated heterocycles. The van der Waals surface area contributed by atoms with Crippen LogP contribution in [0, 0.1) is 0 Å². The van der Waals surface area contributed by atoms with Crippen molar-refractivity contribution in [2.75, 3.05) is 19.5 Å². The molecule has 23 heavy (non-hydrogen) atoms. The topological polar surface area (TPSA) is 84.9 Å². The number of carboxylic acid groups (broad SMARTS) is 1. The van der Waals surface area contributed by atoms with Crippen molar-refractivity contribution in [3.05, 3.63) is 53.6 Å². The molecule has 0 aliphatic rings. The Morgan fingerprint density at radius 1 is 1.04 bits per heavy atom. The zero-order valence-corrected chi connectivity index (χ0v) is 12.8. The van der Waals surface area contributed by atoms with Crippen molar-refractivity contribution in [3.8, 4) is 11.5 Å². The lowest BCUT2D eigenvalue weighted by Gasteiger charge is -2.11. The number of nitrogens with one attached hydrogen (secondary N) is 1. The highest BCUT2D eigenvalue weighted by atomic mass is 16.5. The number of amides is 1. The molecule has 0 bridgehead atoms. The molecular weight excluding hydrogens is 298 g/mol. The average molecular weight is 315 g/mol. The predicted octanol–water partition coefficient (Wildman–Crippen LogP) is 2.58. The van der Waals surface area contributed by atoms with Crippen LogP contribution in [-0.4, -0.2) is 31.2 Å². The molecular formula is C17H17NO5. The number of methoxy groups -OCH3 is 2. The Balaban J connectivity index is 2.12. The molecule has 1 amide bonds. The number of anilines is 1. The van der Waals surface area contributed by atoms with Gasteiger partial charge in [-0.2, -0.15) is 0 Å². The SMILES string of the molecule is COc1ccc(CC(=O)Nc2cc(C(=O)O)ccc2OC)cc1. The number of aromatic carboxylic acids is 1. The van der Waals surface area contributed by atoms with E-state index < -0.39 is 5.97 Å². The van der Waals surface area contributed by atoms with Gasteiger partial charge in [-0.15, -0.1) is 0 Å². The summed E-state index contributed by atoms with van der Waals surface area (Å²) < 4.78 is 10.2. The molecule has 0 aliphatic carbocycles. The van der Waals surface area contributed by atoms with Gasteiger partial charge in [0.25, 0.3) is 0 Å². The number of hydrogen-bond acceptors (Lipinski definition) is 4. The van der Waals surface area contributed by atoms with Crippen molar-refractivity contribution in [1.82, 2.24) is 0 Å². The third-order valence-electron chi connectivity index (χ3n) is 3.24. The Labute approximate surface area is 133 Å². The normalized spacial score (nSPS) is 10.0. The van der Waals surface area contributed by atoms with Gasteiger partial charge in [-0.25, -0.2) is 4.79 Å². The van der Waals surface area contributed by atoms with E-state index in [4.69, 9.17) is 14.6 Å². The minimum atomic E-state index is -1.07. The lowest BCUT2D eigenvalue weighted by Crippen LogP contribution is -2.15. The van der Waals surface area contributed by atoms with E-state index in [0.717, 1.165) is 5.56 Å². The van der Waals surface area contributed by atoms with Gasteiger partial charge in [-0.05, 0) is 35.9 Å². The highest BCUT2D eigenvalue weighted by Crippen LogP contribution is 2.25. The maximum atomic E-state index is 12.1. The molecule has 0 atom stereocenters. The van der Waals surface area contributed by atoms with Crippen molar-refractivity contribution < 1.29 is 24.2 Å². The van der Waals surface area contributed by atoms with Gasteiger partial charge < -0.3 is 19.9 Å². The van der Waals surface area contributed by atoms with Crippen LogP contribution in [0.5, 0.6) is 11.5 Å². The van der Waals surface area contributed by atoms with Crippen LogP contribution in [0.2, 0.25) is 0 Å². The van der Waals surface area contributed by atoms with Gasteiger partial charge in [-0.3, -0.25) is 4.79 Å². The summed E-state index contributed by atoms with van der Waals surface area (Å²) in [7, 11) is 3.03. The maximum absolute atomic E-state index is 12.1. The average Bonchev–Trinajstić information content (AvgIpc) is 2.55. The van der Waals surface area contributed by atoms with Crippen LogP contribution in [0.15, 0.2) is 42.5 Å². The Morgan fingerprint density at radius 2 is 1.74 bits per heavy atom. The largest absolute Gasteiger partial charge is 0.497 e. The summed E-state index contributed by atoms with van der Waals surface area (Å²) in [5.41, 5.74) is 1.22. The molecule has 0 saturated carbocycles. The van der Waals surface area contributed by atoms with Crippen molar-refractivity contribution >= 4 is 17.6 Å². The van der Waals surface area contributed by atoms with Gasteiger partial charge >= 0.3 is 5.97 Å². The third kappa shape index (κ3) is 4.23. The number of carboxylic acids is 1. The predicted molar refractivity (Wildman–Crippen MR) is 85.3 cm³/mol. The van der Waals surface area contributed by atoms with Crippen LogP contribution in [0.25, 0.3) is 0 Å². The second-order valence-corrected chi connectivity index (χ2v) is 4.79. The smallest absolute Gasteiger partial charge is 0.335 e. The summed E-state index contributed by atoms with van der Waals surface area (Å²) in [6.45, 7) is 0. The molecule has 2 aromatic carbocycles. The van der Waals surface area contributed by atoms with Gasteiger partial charge in [0.05, 0.1) is 31.9 Å². The second-order valence-electron chi connectivity index (χ2n) is 4.79. The molecule has 0 unspecified atom stereocenters. The highest BCUT2D eigenvalue weighted by molar-refractivity contribution is 5.96. The zero-order chi connectivity index (χ0) is 16.8. The molecule has 0 radical (unpaired) electrons. The summed E-state index contributed by atoms with van der Waals surface area (Å²) in [6.07, 6.45) is 0.157. The Bertz CT molecular complexity index is 709. The molecule has 0 aromatic heterocycles. The van der Waals surface area contributed by atoms with Gasteiger partial charge in [-0.1, -0.05) is 12.1 Å². The molecule has 2 N–H and O–H groups in total. The number of rotatable bonds is 6. The first-order chi connectivity index (χ1) is 11.0. The fourth-order valence-electron chi connectivity index (χ4n) is 2.06. The van der Waals surface area contributed by atoms with Crippen LogP contribution >= 0.6 is 0 Å². The standard InChI is InChI=1S/C17H17NO5/c1-22-13-6-3-11(4-7-13)9-16(19)18-14-10-12(17(20)21)5-8-15(14)23-2/h3-8,10H,9H2,1-2H3,(H,18,19)(H,20,21). The molecule has 0 spiro atoms. The number of ether oxygens (including phenoxy) is 2. The molecule has 0 aliphatic heterocycles. The molecule has 2 aromatic rings. The van der Waals surface area contributed by atoms with Crippen LogP contribution in [0.3, 0.4) is 0 Å². The van der Waals surface area contributed by atoms with Crippen molar-refractivity contribution in [2.45, 2.75) is 6.42 Å². The molecule has 6 heteroatoms. The summed E-state index contributed by atoms with van der Waals surface area (Å²) in [5.74, 6) is -0.225. The Hall–Kier alpha value is -3.02. The van der Waals surface area contributed by atoms with Crippen molar-refractivity contribution in [1.29, 1.82) is 0 Å². The highest BCUT2D eigenvalue weighted by Gasteiger charge is 2.12. The van der Waals surface area contributed by atoms with Crippen molar-refractivity contribution in [3.63, 3.8) is 0 Å². The Kier molecular flexibility index (Phi) is 5.19. The number of carbonyl (C=O) groups excluding carboxylic acids is 1. The van der Waals surface area contributed by atoms with E-state index >= 15 is 0 Å². The number of carbonyl (C=O) groups is 2. The van der Waals surface area contributed by atoms with E-state index in [1.807, 2.05) is 0 Å². The first kappa shape index (κ1) is 16.4. The fraction of sp³-hybridized carbons (Fsp3) is 0.176. The summed E-state index contributed by atoms with van der Waals surface area (Å²) in [5, 5.41) is 11.7. The molecule has 2 rings (SSSR count). The molecule has 6 nitrogen and oxygen atoms in total. The minimum absolute atomic E-state index is 0.0746. The zero-order valence-electron chi connectivity index (χ0n) is 12.8. The summed E-state index contributed by atoms with van der Waals surface area (Å²) >= 11 is 0. The number of hydrogen-bond donors (Lipinski definition) is 2. The lowest BCUT2D eigenvalue weighted by atomic mass is 10.1. The second kappa shape index (κ2) is 7.31. The van der Waals surface area contributed by atoms with Gasteiger partial charge in [0.15, 0.2) is 0 Å². The third-order valence-corrected chi connectivity index (χ3v) is 3.24. The van der Waals surface area contributed by atoms with E-state index in [1.54, 1.807) is 31.4 Å². The van der Waals surface area contributed by atoms with Gasteiger partial charge in [0.2, 0.25) is 5.91 Å². The first-order valence-corrected chi connectivity index (χ1v) is 6.87. The monoisotopic (exact) mass is 315 g/mol. The van der Waals surface area contributed by atoms with Crippen LogP contribution in [0.1, 0.15) is 15.9 Å². The van der Waals surface area contributed by atoms with Crippen LogP contribution in [-0.2, 0) is 11.2 Å². The van der Waals surface area contributed by atoms with E-state index in [9.17, 15) is 9.59 Å². The molecule has 120 valence electrons. The first-order valence-electron chi connectivity index (χ1n) is 6.87. The molecule has 0 heterocycles. The quantitative estimate of drug-likeness (QED) is 0.856. The van der Waals surface area contributed by atoms with Gasteiger partial charge in [0, 0.05) is 0 Å². The van der Waals surface area contributed by atoms with Crippen molar-refractivity contribution in [2.24, 2.45) is 0 Å². The van der Waals surface area contributed by atoms with E-state index in [1.165, 1.54) is 25.3 Å². The maximum Gasteiger partial charge on any atom is 0.335 e. The Morgan fingerprint density at radius 3 is 2.30 bits per heavy atom. The van der Waals surface area contributed by atoms with E-state index in [-0.39, 0.29) is 17.9 Å². The van der Waals surface area contributed by atoms with E-state index in [0.29, 0.717) is 17.2 Å². The molecule has 0 fully saturated rings. The van der Waals surface area contributed by atoms with Crippen LogP contribution < -0.4 is 14.8 Å². The number of benzene rings is 2. The van der Waals surface area contributed by atoms with Crippen LogP contribution in [0.4, 0.5) is 5.69 Å². The van der Waals surface area contributed by atoms with Gasteiger partial charge in [0.1, 0.15) is 11.5 Å². The summed E-state index contributed by atoms with van der Waals surface area (Å²) in [4.78, 5) is 23.2. The lowest BCUT2D eigenvalue weighted by molar-refractivity contribution is -0.115. The van der Waals surface area contributed by atoms with E-state index in [2.05, 4.69) is 5.32 Å². The minimum Gasteiger partial charge on any atom is -0.497 e.